The molecule has 0 amide bonds. The van der Waals surface area contributed by atoms with E-state index in [0.717, 1.165) is 16.7 Å². The Morgan fingerprint density at radius 2 is 0.863 bits per heavy atom. The van der Waals surface area contributed by atoms with Crippen molar-refractivity contribution in [3.63, 3.8) is 0 Å². The highest BCUT2D eigenvalue weighted by Crippen LogP contribution is 2.47. The molecule has 0 spiro atoms. The molecule has 0 saturated heterocycles. The lowest BCUT2D eigenvalue weighted by Gasteiger charge is -2.13. The van der Waals surface area contributed by atoms with Crippen molar-refractivity contribution in [2.24, 2.45) is 0 Å². The van der Waals surface area contributed by atoms with Gasteiger partial charge in [0, 0.05) is 42.2 Å². The van der Waals surface area contributed by atoms with E-state index in [1.54, 1.807) is 0 Å². The van der Waals surface area contributed by atoms with Crippen molar-refractivity contribution in [1.82, 2.24) is 15.0 Å². The molecule has 0 unspecified atom stereocenters. The van der Waals surface area contributed by atoms with Gasteiger partial charge in [0.2, 0.25) is 0 Å². The van der Waals surface area contributed by atoms with Gasteiger partial charge in [0.1, 0.15) is 0 Å². The lowest BCUT2D eigenvalue weighted by atomic mass is 9.95. The van der Waals surface area contributed by atoms with E-state index in [4.69, 9.17) is 15.0 Å². The van der Waals surface area contributed by atoms with Gasteiger partial charge in [0.25, 0.3) is 0 Å². The number of hydrogen-bond donors (Lipinski definition) is 0. The number of benzene rings is 9. The minimum Gasteiger partial charge on any atom is -0.208 e. The van der Waals surface area contributed by atoms with Crippen LogP contribution in [0.15, 0.2) is 164 Å². The van der Waals surface area contributed by atoms with Crippen molar-refractivity contribution < 1.29 is 0 Å². The Morgan fingerprint density at radius 3 is 1.65 bits per heavy atom. The quantitative estimate of drug-likeness (QED) is 0.176. The van der Waals surface area contributed by atoms with Gasteiger partial charge < -0.3 is 0 Å². The first-order valence-electron chi connectivity index (χ1n) is 17.2. The number of hydrogen-bond acceptors (Lipinski definition) is 4. The van der Waals surface area contributed by atoms with Gasteiger partial charge in [-0.15, -0.1) is 11.3 Å². The summed E-state index contributed by atoms with van der Waals surface area (Å²) in [6.45, 7) is 0. The van der Waals surface area contributed by atoms with Crippen LogP contribution < -0.4 is 0 Å². The van der Waals surface area contributed by atoms with Crippen LogP contribution >= 0.6 is 11.3 Å². The van der Waals surface area contributed by atoms with Gasteiger partial charge >= 0.3 is 0 Å². The fraction of sp³-hybridized carbons (Fsp3) is 0. The van der Waals surface area contributed by atoms with Gasteiger partial charge in [0.15, 0.2) is 17.5 Å². The molecule has 0 bridgehead atoms. The van der Waals surface area contributed by atoms with E-state index in [-0.39, 0.29) is 0 Å². The fourth-order valence-corrected chi connectivity index (χ4v) is 9.25. The molecule has 0 N–H and O–H groups in total. The lowest BCUT2D eigenvalue weighted by molar-refractivity contribution is 1.08. The first-order valence-corrected chi connectivity index (χ1v) is 18.0. The summed E-state index contributed by atoms with van der Waals surface area (Å²) in [5.74, 6) is 1.99. The second-order valence-electron chi connectivity index (χ2n) is 13.2. The highest BCUT2D eigenvalue weighted by molar-refractivity contribution is 7.27. The van der Waals surface area contributed by atoms with E-state index >= 15 is 0 Å². The Hall–Kier alpha value is -6.49. The van der Waals surface area contributed by atoms with Crippen LogP contribution in [0, 0.1) is 0 Å². The van der Waals surface area contributed by atoms with E-state index in [1.807, 2.05) is 29.5 Å². The number of aromatic nitrogens is 3. The normalized spacial score (nSPS) is 11.9. The van der Waals surface area contributed by atoms with Crippen molar-refractivity contribution in [1.29, 1.82) is 0 Å². The lowest BCUT2D eigenvalue weighted by Crippen LogP contribution is -2.00. The maximum atomic E-state index is 5.34. The molecule has 2 heterocycles. The van der Waals surface area contributed by atoms with Gasteiger partial charge in [-0.1, -0.05) is 152 Å². The van der Waals surface area contributed by atoms with Crippen molar-refractivity contribution in [3.05, 3.63) is 164 Å². The molecule has 2 aromatic heterocycles. The minimum absolute atomic E-state index is 0.658. The molecular formula is C47H27N3S. The molecule has 51 heavy (non-hydrogen) atoms. The predicted molar refractivity (Wildman–Crippen MR) is 217 cm³/mol. The van der Waals surface area contributed by atoms with Crippen LogP contribution in [0.4, 0.5) is 0 Å². The number of rotatable bonds is 3. The van der Waals surface area contributed by atoms with Crippen LogP contribution in [0.25, 0.3) is 108 Å². The molecule has 0 atom stereocenters. The third-order valence-corrected chi connectivity index (χ3v) is 11.5. The average molecular weight is 666 g/mol. The minimum atomic E-state index is 0.658. The molecule has 236 valence electrons. The summed E-state index contributed by atoms with van der Waals surface area (Å²) in [6.07, 6.45) is 0. The van der Waals surface area contributed by atoms with E-state index < -0.39 is 0 Å². The molecule has 4 heteroatoms. The zero-order valence-corrected chi connectivity index (χ0v) is 28.2. The van der Waals surface area contributed by atoms with Crippen LogP contribution in [0.1, 0.15) is 0 Å². The Balaban J connectivity index is 1.26. The number of thiophene rings is 1. The van der Waals surface area contributed by atoms with Crippen LogP contribution in [0.5, 0.6) is 0 Å². The zero-order chi connectivity index (χ0) is 33.5. The second kappa shape index (κ2) is 11.0. The van der Waals surface area contributed by atoms with Gasteiger partial charge in [0.05, 0.1) is 0 Å². The number of fused-ring (bicyclic) bond motifs is 12. The number of nitrogens with zero attached hydrogens (tertiary/aromatic N) is 3. The van der Waals surface area contributed by atoms with Crippen LogP contribution in [-0.2, 0) is 0 Å². The fourth-order valence-electron chi connectivity index (χ4n) is 7.82. The molecule has 9 aromatic carbocycles. The summed E-state index contributed by atoms with van der Waals surface area (Å²) < 4.78 is 2.54. The van der Waals surface area contributed by atoms with Crippen molar-refractivity contribution in [3.8, 4) is 34.2 Å². The van der Waals surface area contributed by atoms with E-state index in [9.17, 15) is 0 Å². The summed E-state index contributed by atoms with van der Waals surface area (Å²) in [5.41, 5.74) is 2.93. The first-order chi connectivity index (χ1) is 25.3. The summed E-state index contributed by atoms with van der Waals surface area (Å²) in [5, 5.41) is 14.7. The summed E-state index contributed by atoms with van der Waals surface area (Å²) >= 11 is 1.88. The van der Waals surface area contributed by atoms with E-state index in [0.29, 0.717) is 17.5 Å². The van der Waals surface area contributed by atoms with Crippen LogP contribution in [0.3, 0.4) is 0 Å². The van der Waals surface area contributed by atoms with Gasteiger partial charge in [-0.05, 0) is 60.6 Å². The molecule has 0 aliphatic carbocycles. The first kappa shape index (κ1) is 28.4. The highest BCUT2D eigenvalue weighted by atomic mass is 32.1. The molecule has 0 fully saturated rings. The van der Waals surface area contributed by atoms with Gasteiger partial charge in [-0.25, -0.2) is 15.0 Å². The van der Waals surface area contributed by atoms with Gasteiger partial charge in [-0.2, -0.15) is 0 Å². The maximum absolute atomic E-state index is 5.34. The van der Waals surface area contributed by atoms with Crippen molar-refractivity contribution >= 4 is 85.4 Å². The SMILES string of the molecule is c1ccc(-c2nc(-c3ccc4ccc5ccccc5c4c3)nc(-c3cc4ccc5ccccc5c4c4sc5c6ccccc6ccc5c34)n2)cc1. The topological polar surface area (TPSA) is 38.7 Å². The van der Waals surface area contributed by atoms with E-state index in [2.05, 4.69) is 146 Å². The standard InChI is InChI=1S/C47H27N3S/c1-2-13-32(14-3-1)45-48-46(34-23-21-31-19-18-28-10-4-7-15-35(28)39(31)27-34)50-47(49-45)40-26-33-22-20-29-11-5-8-16-36(29)41(33)44-42(40)38-25-24-30-12-6-9-17-37(30)43(38)51-44/h1-27H. The second-order valence-corrected chi connectivity index (χ2v) is 14.2. The average Bonchev–Trinajstić information content (AvgIpc) is 3.60. The molecular weight excluding hydrogens is 639 g/mol. The van der Waals surface area contributed by atoms with Crippen LogP contribution in [-0.4, -0.2) is 15.0 Å². The van der Waals surface area contributed by atoms with Crippen molar-refractivity contribution in [2.45, 2.75) is 0 Å². The summed E-state index contributed by atoms with van der Waals surface area (Å²) in [6, 6.07) is 58.4. The molecule has 11 aromatic rings. The third kappa shape index (κ3) is 4.40. The molecule has 11 rings (SSSR count). The molecule has 3 nitrogen and oxygen atoms in total. The van der Waals surface area contributed by atoms with E-state index in [1.165, 1.54) is 74.0 Å². The van der Waals surface area contributed by atoms with Crippen LogP contribution in [0.2, 0.25) is 0 Å². The van der Waals surface area contributed by atoms with Crippen molar-refractivity contribution in [2.75, 3.05) is 0 Å². The summed E-state index contributed by atoms with van der Waals surface area (Å²) in [7, 11) is 0. The Morgan fingerprint density at radius 1 is 0.314 bits per heavy atom. The molecule has 0 radical (unpaired) electrons. The Kier molecular flexibility index (Phi) is 6.12. The maximum Gasteiger partial charge on any atom is 0.164 e. The molecule has 0 aliphatic heterocycles. The monoisotopic (exact) mass is 665 g/mol. The largest absolute Gasteiger partial charge is 0.208 e. The molecule has 0 saturated carbocycles. The summed E-state index contributed by atoms with van der Waals surface area (Å²) in [4.78, 5) is 15.7. The predicted octanol–water partition coefficient (Wildman–Crippen LogP) is 13.0. The third-order valence-electron chi connectivity index (χ3n) is 10.3. The van der Waals surface area contributed by atoms with Gasteiger partial charge in [-0.3, -0.25) is 0 Å². The Bertz CT molecular complexity index is 3200. The zero-order valence-electron chi connectivity index (χ0n) is 27.3. The molecule has 0 aliphatic rings. The Labute approximate surface area is 297 Å². The highest BCUT2D eigenvalue weighted by Gasteiger charge is 2.21. The smallest absolute Gasteiger partial charge is 0.164 e.